The van der Waals surface area contributed by atoms with Crippen molar-refractivity contribution in [3.63, 3.8) is 0 Å². The number of hydrogen-bond acceptors (Lipinski definition) is 7. The van der Waals surface area contributed by atoms with Crippen LogP contribution in [0.2, 0.25) is 5.02 Å². The molecule has 0 amide bonds. The monoisotopic (exact) mass is 790 g/mol. The Kier molecular flexibility index (Phi) is 11.5. The number of benzene rings is 5. The number of aliphatic hydroxyl groups is 2. The number of rotatable bonds is 5. The van der Waals surface area contributed by atoms with Gasteiger partial charge in [0.2, 0.25) is 10.0 Å². The first-order valence-electron chi connectivity index (χ1n) is 20.0. The molecule has 4 aliphatic rings. The molecule has 10 heteroatoms. The third-order valence-electron chi connectivity index (χ3n) is 12.1. The third kappa shape index (κ3) is 7.86. The Morgan fingerprint density at radius 2 is 0.946 bits per heavy atom. The molecular formula is C46H51ClN4O4S. The number of anilines is 4. The highest BCUT2D eigenvalue weighted by atomic mass is 35.5. The van der Waals surface area contributed by atoms with E-state index in [1.807, 2.05) is 24.3 Å². The minimum Gasteiger partial charge on any atom is -0.389 e. The largest absolute Gasteiger partial charge is 0.389 e. The third-order valence-corrected chi connectivity index (χ3v) is 13.9. The maximum Gasteiger partial charge on any atom is 0.240 e. The Hall–Kier alpha value is -4.22. The Morgan fingerprint density at radius 1 is 0.554 bits per heavy atom. The van der Waals surface area contributed by atoms with Crippen molar-refractivity contribution in [1.82, 2.24) is 4.72 Å². The number of para-hydroxylation sites is 4. The van der Waals surface area contributed by atoms with Crippen LogP contribution >= 0.6 is 11.6 Å². The van der Waals surface area contributed by atoms with Crippen LogP contribution in [0.1, 0.15) is 60.8 Å². The molecule has 5 aromatic rings. The van der Waals surface area contributed by atoms with Gasteiger partial charge in [0.1, 0.15) is 0 Å². The van der Waals surface area contributed by atoms with Gasteiger partial charge in [0.05, 0.1) is 35.2 Å². The van der Waals surface area contributed by atoms with Gasteiger partial charge in [0, 0.05) is 33.8 Å². The Balaban J connectivity index is 0.000000168. The summed E-state index contributed by atoms with van der Waals surface area (Å²) in [6, 6.07) is 39.0. The van der Waals surface area contributed by atoms with E-state index in [-0.39, 0.29) is 23.0 Å². The van der Waals surface area contributed by atoms with Gasteiger partial charge in [-0.1, -0.05) is 84.4 Å². The SMILES string of the molecule is N[C@@H]1CCCC(N2c3ccccc3CCc3ccccc32)[C@H]1O.O=S(=O)(N[C@@H]1CCCC(N2c3ccccc3CCc3ccccc32)[C@H]1O)c1ccc(Cl)cc1. The molecule has 0 radical (unpaired) electrons. The van der Waals surface area contributed by atoms with Gasteiger partial charge in [-0.25, -0.2) is 13.1 Å². The maximum atomic E-state index is 13.0. The van der Waals surface area contributed by atoms with Crippen molar-refractivity contribution in [2.24, 2.45) is 5.73 Å². The van der Waals surface area contributed by atoms with Crippen LogP contribution in [0.15, 0.2) is 126 Å². The maximum absolute atomic E-state index is 13.0. The molecule has 0 spiro atoms. The van der Waals surface area contributed by atoms with Gasteiger partial charge in [0.25, 0.3) is 0 Å². The first-order chi connectivity index (χ1) is 27.2. The standard InChI is InChI=1S/C26H27ClN2O3S.C20H24N2O/c27-20-14-16-21(17-15-20)33(31,32)28-22-8-5-11-25(26(22)30)29-23-9-3-1-6-18(23)12-13-19-7-2-4-10-24(19)29;21-16-8-5-11-19(20(16)23)22-17-9-3-1-6-14(17)12-13-15-7-2-4-10-18(15)22/h1-4,6-7,9-10,14-17,22,25-26,28,30H,5,8,11-13H2;1-4,6-7,9-10,16,19-20,23H,5,8,11-13,21H2/t22-,25?,26+;16-,19?,20+/m11/s1. The summed E-state index contributed by atoms with van der Waals surface area (Å²) in [6.07, 6.45) is 7.75. The average molecular weight is 791 g/mol. The van der Waals surface area contributed by atoms with Crippen LogP contribution in [-0.4, -0.2) is 55.0 Å². The summed E-state index contributed by atoms with van der Waals surface area (Å²) >= 11 is 5.92. The summed E-state index contributed by atoms with van der Waals surface area (Å²) in [5, 5.41) is 22.7. The molecule has 2 aliphatic heterocycles. The fourth-order valence-corrected chi connectivity index (χ4v) is 10.7. The van der Waals surface area contributed by atoms with Gasteiger partial charge < -0.3 is 25.7 Å². The molecule has 0 aromatic heterocycles. The van der Waals surface area contributed by atoms with Crippen molar-refractivity contribution >= 4 is 44.4 Å². The molecule has 56 heavy (non-hydrogen) atoms. The summed E-state index contributed by atoms with van der Waals surface area (Å²) in [4.78, 5) is 4.75. The average Bonchev–Trinajstić information content (AvgIpc) is 3.49. The molecule has 5 aromatic carbocycles. The van der Waals surface area contributed by atoms with E-state index in [4.69, 9.17) is 17.3 Å². The Bertz CT molecular complexity index is 2160. The predicted molar refractivity (Wildman–Crippen MR) is 226 cm³/mol. The van der Waals surface area contributed by atoms with Crippen LogP contribution in [0.3, 0.4) is 0 Å². The van der Waals surface area contributed by atoms with E-state index < -0.39 is 28.3 Å². The molecule has 8 nitrogen and oxygen atoms in total. The van der Waals surface area contributed by atoms with Gasteiger partial charge in [-0.3, -0.25) is 0 Å². The molecule has 0 saturated heterocycles. The first-order valence-corrected chi connectivity index (χ1v) is 21.9. The highest BCUT2D eigenvalue weighted by Gasteiger charge is 2.40. The molecule has 0 bridgehead atoms. The van der Waals surface area contributed by atoms with Crippen molar-refractivity contribution in [3.05, 3.63) is 149 Å². The Labute approximate surface area is 336 Å². The first kappa shape index (κ1) is 38.6. The second kappa shape index (κ2) is 16.7. The summed E-state index contributed by atoms with van der Waals surface area (Å²) in [7, 11) is -3.78. The van der Waals surface area contributed by atoms with Crippen LogP contribution in [-0.2, 0) is 35.7 Å². The van der Waals surface area contributed by atoms with Gasteiger partial charge in [-0.05, 0) is 135 Å². The Morgan fingerprint density at radius 3 is 1.39 bits per heavy atom. The number of nitrogens with one attached hydrogen (secondary N) is 1. The fraction of sp³-hybridized carbons (Fsp3) is 0.348. The molecule has 2 heterocycles. The van der Waals surface area contributed by atoms with E-state index in [1.165, 1.54) is 45.8 Å². The van der Waals surface area contributed by atoms with E-state index in [9.17, 15) is 18.6 Å². The number of sulfonamides is 1. The topological polar surface area (TPSA) is 119 Å². The molecular weight excluding hydrogens is 740 g/mol. The summed E-state index contributed by atoms with van der Waals surface area (Å²) in [5.74, 6) is 0. The van der Waals surface area contributed by atoms with Crippen molar-refractivity contribution < 1.29 is 18.6 Å². The molecule has 5 N–H and O–H groups in total. The van der Waals surface area contributed by atoms with Crippen molar-refractivity contribution in [1.29, 1.82) is 0 Å². The molecule has 2 fully saturated rings. The van der Waals surface area contributed by atoms with E-state index in [0.29, 0.717) is 11.4 Å². The van der Waals surface area contributed by atoms with Crippen molar-refractivity contribution in [2.75, 3.05) is 9.80 Å². The van der Waals surface area contributed by atoms with Crippen LogP contribution in [0.4, 0.5) is 22.7 Å². The molecule has 2 saturated carbocycles. The molecule has 6 atom stereocenters. The number of hydrogen-bond donors (Lipinski definition) is 4. The number of aryl methyl sites for hydroxylation is 4. The van der Waals surface area contributed by atoms with Gasteiger partial charge in [-0.2, -0.15) is 0 Å². The van der Waals surface area contributed by atoms with Crippen LogP contribution in [0.25, 0.3) is 0 Å². The number of nitrogens with two attached hydrogens (primary N) is 1. The lowest BCUT2D eigenvalue weighted by Gasteiger charge is -2.43. The molecule has 2 aliphatic carbocycles. The predicted octanol–water partition coefficient (Wildman–Crippen LogP) is 8.00. The fourth-order valence-electron chi connectivity index (χ4n) is 9.26. The van der Waals surface area contributed by atoms with Crippen molar-refractivity contribution in [2.45, 2.75) is 105 Å². The minimum absolute atomic E-state index is 0.0548. The van der Waals surface area contributed by atoms with Gasteiger partial charge >= 0.3 is 0 Å². The smallest absolute Gasteiger partial charge is 0.240 e. The number of aliphatic hydroxyl groups excluding tert-OH is 2. The number of nitrogens with zero attached hydrogens (tertiary/aromatic N) is 2. The van der Waals surface area contributed by atoms with E-state index in [0.717, 1.165) is 69.2 Å². The lowest BCUT2D eigenvalue weighted by Crippen LogP contribution is -2.55. The second-order valence-corrected chi connectivity index (χ2v) is 17.7. The number of fused-ring (bicyclic) bond motifs is 4. The highest BCUT2D eigenvalue weighted by Crippen LogP contribution is 2.42. The molecule has 292 valence electrons. The number of halogens is 1. The molecule has 2 unspecified atom stereocenters. The quantitative estimate of drug-likeness (QED) is 0.143. The second-order valence-electron chi connectivity index (χ2n) is 15.6. The molecule has 9 rings (SSSR count). The zero-order valence-corrected chi connectivity index (χ0v) is 33.1. The summed E-state index contributed by atoms with van der Waals surface area (Å²) in [5.41, 5.74) is 16.0. The zero-order chi connectivity index (χ0) is 38.8. The summed E-state index contributed by atoms with van der Waals surface area (Å²) in [6.45, 7) is 0. The van der Waals surface area contributed by atoms with Gasteiger partial charge in [0.15, 0.2) is 0 Å². The van der Waals surface area contributed by atoms with Crippen LogP contribution < -0.4 is 20.3 Å². The van der Waals surface area contributed by atoms with Crippen molar-refractivity contribution in [3.8, 4) is 0 Å². The zero-order valence-electron chi connectivity index (χ0n) is 31.6. The lowest BCUT2D eigenvalue weighted by atomic mass is 9.86. The van der Waals surface area contributed by atoms with Gasteiger partial charge in [-0.15, -0.1) is 0 Å². The lowest BCUT2D eigenvalue weighted by molar-refractivity contribution is 0.0812. The normalized spacial score (nSPS) is 24.6. The van der Waals surface area contributed by atoms with E-state index in [2.05, 4.69) is 87.3 Å². The van der Waals surface area contributed by atoms with Crippen LogP contribution in [0.5, 0.6) is 0 Å². The highest BCUT2D eigenvalue weighted by molar-refractivity contribution is 7.89. The van der Waals surface area contributed by atoms with E-state index >= 15 is 0 Å². The van der Waals surface area contributed by atoms with Crippen LogP contribution in [0, 0.1) is 0 Å². The minimum atomic E-state index is -3.78. The summed E-state index contributed by atoms with van der Waals surface area (Å²) < 4.78 is 28.8. The van der Waals surface area contributed by atoms with E-state index in [1.54, 1.807) is 12.1 Å².